The molecule has 0 bridgehead atoms. The van der Waals surface area contributed by atoms with Crippen molar-refractivity contribution in [3.05, 3.63) is 58.9 Å². The average Bonchev–Trinajstić information content (AvgIpc) is 3.34. The Kier molecular flexibility index (Phi) is 7.01. The standard InChI is InChI=1S/C24H27FN2O3S2/c1-5-32(23-14-22-19(13-20(23)25)16(2)8-10-30-22)27(24-26-9-11-31-24)15-17-6-7-18(28-3)12-21(17)29-4/h5-7,9,11-14,16H,8,10,15H2,1-4H3/t16-,32?/m1/s1. The fraction of sp³-hybridized carbons (Fsp3) is 0.333. The van der Waals surface area contributed by atoms with Crippen LogP contribution < -0.4 is 18.5 Å². The van der Waals surface area contributed by atoms with Crippen LogP contribution in [0.15, 0.2) is 46.8 Å². The number of nitrogens with zero attached hydrogens (tertiary/aromatic N) is 2. The molecule has 8 heteroatoms. The number of thiazole rings is 1. The van der Waals surface area contributed by atoms with Crippen LogP contribution in [-0.4, -0.2) is 31.2 Å². The molecule has 0 amide bonds. The zero-order valence-electron chi connectivity index (χ0n) is 18.6. The Morgan fingerprint density at radius 3 is 2.81 bits per heavy atom. The number of aromatic nitrogens is 1. The Morgan fingerprint density at radius 2 is 2.12 bits per heavy atom. The molecule has 2 heterocycles. The van der Waals surface area contributed by atoms with Crippen molar-refractivity contribution in [1.29, 1.82) is 0 Å². The van der Waals surface area contributed by atoms with Gasteiger partial charge in [-0.15, -0.1) is 11.3 Å². The molecule has 1 aromatic heterocycles. The molecule has 32 heavy (non-hydrogen) atoms. The highest BCUT2D eigenvalue weighted by Crippen LogP contribution is 2.44. The molecule has 0 radical (unpaired) electrons. The highest BCUT2D eigenvalue weighted by atomic mass is 32.2. The summed E-state index contributed by atoms with van der Waals surface area (Å²) >= 11 is 1.53. The first-order valence-electron chi connectivity index (χ1n) is 10.4. The number of benzene rings is 2. The van der Waals surface area contributed by atoms with Crippen molar-refractivity contribution in [3.63, 3.8) is 0 Å². The van der Waals surface area contributed by atoms with Crippen LogP contribution in [0.25, 0.3) is 0 Å². The summed E-state index contributed by atoms with van der Waals surface area (Å²) in [6, 6.07) is 9.25. The van der Waals surface area contributed by atoms with Crippen molar-refractivity contribution in [2.24, 2.45) is 0 Å². The van der Waals surface area contributed by atoms with E-state index in [1.165, 1.54) is 11.3 Å². The minimum atomic E-state index is -0.686. The van der Waals surface area contributed by atoms with Crippen LogP contribution in [0.1, 0.15) is 37.3 Å². The molecule has 0 spiro atoms. The van der Waals surface area contributed by atoms with E-state index in [-0.39, 0.29) is 11.7 Å². The molecule has 4 rings (SSSR count). The summed E-state index contributed by atoms with van der Waals surface area (Å²) in [7, 11) is 2.58. The Hall–Kier alpha value is -2.58. The van der Waals surface area contributed by atoms with Gasteiger partial charge in [-0.2, -0.15) is 0 Å². The van der Waals surface area contributed by atoms with Gasteiger partial charge in [0.25, 0.3) is 0 Å². The topological polar surface area (TPSA) is 43.8 Å². The number of halogens is 1. The zero-order chi connectivity index (χ0) is 22.7. The summed E-state index contributed by atoms with van der Waals surface area (Å²) in [6.45, 7) is 5.23. The van der Waals surface area contributed by atoms with Crippen molar-refractivity contribution >= 4 is 32.5 Å². The van der Waals surface area contributed by atoms with Crippen LogP contribution in [0.3, 0.4) is 0 Å². The number of ether oxygens (including phenoxy) is 3. The van der Waals surface area contributed by atoms with Gasteiger partial charge in [-0.25, -0.2) is 9.37 Å². The van der Waals surface area contributed by atoms with Gasteiger partial charge >= 0.3 is 0 Å². The molecule has 2 aromatic carbocycles. The van der Waals surface area contributed by atoms with Crippen LogP contribution in [0.2, 0.25) is 0 Å². The molecule has 1 unspecified atom stereocenters. The number of anilines is 1. The number of methoxy groups -OCH3 is 2. The third-order valence-electron chi connectivity index (χ3n) is 5.53. The first-order valence-corrected chi connectivity index (χ1v) is 12.5. The molecule has 2 atom stereocenters. The van der Waals surface area contributed by atoms with E-state index in [2.05, 4.69) is 16.2 Å². The summed E-state index contributed by atoms with van der Waals surface area (Å²) in [5.41, 5.74) is 1.90. The van der Waals surface area contributed by atoms with Gasteiger partial charge < -0.3 is 14.2 Å². The second-order valence-corrected chi connectivity index (χ2v) is 10.3. The lowest BCUT2D eigenvalue weighted by molar-refractivity contribution is 0.270. The second kappa shape index (κ2) is 9.92. The largest absolute Gasteiger partial charge is 0.497 e. The normalized spacial score (nSPS) is 16.2. The van der Waals surface area contributed by atoms with Gasteiger partial charge in [0.15, 0.2) is 5.13 Å². The van der Waals surface area contributed by atoms with Gasteiger partial charge in [-0.3, -0.25) is 4.31 Å². The van der Waals surface area contributed by atoms with E-state index in [0.29, 0.717) is 23.8 Å². The molecule has 0 fully saturated rings. The maximum Gasteiger partial charge on any atom is 0.195 e. The monoisotopic (exact) mass is 474 g/mol. The lowest BCUT2D eigenvalue weighted by Crippen LogP contribution is -2.19. The van der Waals surface area contributed by atoms with Crippen LogP contribution in [0.4, 0.5) is 9.52 Å². The number of rotatable bonds is 7. The third-order valence-corrected chi connectivity index (χ3v) is 8.43. The number of hydrogen-bond acceptors (Lipinski definition) is 6. The third kappa shape index (κ3) is 4.47. The summed E-state index contributed by atoms with van der Waals surface area (Å²) in [5.74, 6) is 2.28. The van der Waals surface area contributed by atoms with E-state index >= 15 is 4.39 Å². The summed E-state index contributed by atoms with van der Waals surface area (Å²) in [6.07, 6.45) is 2.67. The minimum absolute atomic E-state index is 0.217. The van der Waals surface area contributed by atoms with Crippen molar-refractivity contribution in [3.8, 4) is 17.2 Å². The first-order chi connectivity index (χ1) is 15.5. The molecule has 170 valence electrons. The van der Waals surface area contributed by atoms with Crippen LogP contribution in [0.5, 0.6) is 17.2 Å². The molecule has 3 aromatic rings. The summed E-state index contributed by atoms with van der Waals surface area (Å²) in [4.78, 5) is 5.14. The molecule has 0 saturated heterocycles. The summed E-state index contributed by atoms with van der Waals surface area (Å²) in [5, 5.41) is 4.77. The van der Waals surface area contributed by atoms with Crippen LogP contribution in [-0.2, 0) is 6.54 Å². The zero-order valence-corrected chi connectivity index (χ0v) is 20.3. The molecule has 5 nitrogen and oxygen atoms in total. The first kappa shape index (κ1) is 22.6. The highest BCUT2D eigenvalue weighted by Gasteiger charge is 2.25. The Morgan fingerprint density at radius 1 is 1.28 bits per heavy atom. The predicted molar refractivity (Wildman–Crippen MR) is 130 cm³/mol. The van der Waals surface area contributed by atoms with Gasteiger partial charge in [0.2, 0.25) is 0 Å². The smallest absolute Gasteiger partial charge is 0.195 e. The Bertz CT molecular complexity index is 1120. The van der Waals surface area contributed by atoms with Gasteiger partial charge in [0, 0.05) is 28.8 Å². The maximum atomic E-state index is 15.4. The summed E-state index contributed by atoms with van der Waals surface area (Å²) < 4.78 is 34.4. The maximum absolute atomic E-state index is 15.4. The van der Waals surface area contributed by atoms with Crippen LogP contribution >= 0.6 is 22.0 Å². The molecular formula is C24H27FN2O3S2. The average molecular weight is 475 g/mol. The number of hydrogen-bond donors (Lipinski definition) is 0. The van der Waals surface area contributed by atoms with E-state index in [1.807, 2.05) is 41.9 Å². The molecule has 0 aliphatic carbocycles. The lowest BCUT2D eigenvalue weighted by Gasteiger charge is -2.29. The molecule has 1 aliphatic rings. The quantitative estimate of drug-likeness (QED) is 0.378. The molecular weight excluding hydrogens is 447 g/mol. The highest BCUT2D eigenvalue weighted by molar-refractivity contribution is 8.16. The van der Waals surface area contributed by atoms with Gasteiger partial charge in [0.05, 0.1) is 32.3 Å². The fourth-order valence-corrected chi connectivity index (χ4v) is 6.44. The number of fused-ring (bicyclic) bond motifs is 1. The van der Waals surface area contributed by atoms with Gasteiger partial charge in [-0.05, 0) is 48.9 Å². The van der Waals surface area contributed by atoms with Crippen molar-refractivity contribution in [2.75, 3.05) is 25.1 Å². The molecule has 0 N–H and O–H groups in total. The van der Waals surface area contributed by atoms with Gasteiger partial charge in [0.1, 0.15) is 23.1 Å². The predicted octanol–water partition coefficient (Wildman–Crippen LogP) is 6.26. The van der Waals surface area contributed by atoms with Crippen molar-refractivity contribution in [1.82, 2.24) is 4.98 Å². The Labute approximate surface area is 194 Å². The van der Waals surface area contributed by atoms with E-state index in [1.54, 1.807) is 26.5 Å². The van der Waals surface area contributed by atoms with Crippen molar-refractivity contribution in [2.45, 2.75) is 37.6 Å². The van der Waals surface area contributed by atoms with E-state index < -0.39 is 10.7 Å². The van der Waals surface area contributed by atoms with E-state index in [0.717, 1.165) is 34.2 Å². The Balaban J connectivity index is 1.77. The second-order valence-electron chi connectivity index (χ2n) is 7.44. The van der Waals surface area contributed by atoms with Crippen molar-refractivity contribution < 1.29 is 18.6 Å². The van der Waals surface area contributed by atoms with Gasteiger partial charge in [-0.1, -0.05) is 17.6 Å². The molecule has 1 aliphatic heterocycles. The van der Waals surface area contributed by atoms with E-state index in [9.17, 15) is 0 Å². The molecule has 0 saturated carbocycles. The van der Waals surface area contributed by atoms with E-state index in [4.69, 9.17) is 14.2 Å². The SMILES string of the molecule is C/C=S(\c1cc2c(cc1F)[C@H](C)CCO2)N(Cc1ccc(OC)cc1OC)c1nccs1. The minimum Gasteiger partial charge on any atom is -0.497 e. The van der Waals surface area contributed by atoms with Crippen LogP contribution in [0, 0.1) is 5.82 Å². The lowest BCUT2D eigenvalue weighted by atomic mass is 9.95. The fourth-order valence-electron chi connectivity index (χ4n) is 3.79.